The number of hydrogen-bond acceptors (Lipinski definition) is 5. The molecule has 8 nitrogen and oxygen atoms in total. The van der Waals surface area contributed by atoms with Crippen molar-refractivity contribution in [1.29, 1.82) is 0 Å². The number of carbonyl (C=O) groups excluding carboxylic acids is 2. The number of nitrogens with one attached hydrogen (secondary N) is 2. The first-order valence-corrected chi connectivity index (χ1v) is 9.49. The minimum Gasteiger partial charge on any atom is -0.444 e. The lowest BCUT2D eigenvalue weighted by atomic mass is 9.90. The minimum absolute atomic E-state index is 0.231. The Bertz CT molecular complexity index is 978. The molecule has 1 aromatic carbocycles. The lowest BCUT2D eigenvalue weighted by Crippen LogP contribution is -2.41. The van der Waals surface area contributed by atoms with Gasteiger partial charge in [-0.25, -0.2) is 10.2 Å². The van der Waals surface area contributed by atoms with Crippen LogP contribution in [-0.4, -0.2) is 46.8 Å². The zero-order chi connectivity index (χ0) is 20.1. The molecule has 2 amide bonds. The third-order valence-electron chi connectivity index (χ3n) is 5.15. The van der Waals surface area contributed by atoms with Crippen molar-refractivity contribution in [3.63, 3.8) is 0 Å². The molecule has 4 rings (SSSR count). The SMILES string of the molecule is CC(C)(C)OC(=O)N1CCC(c2[nH]c3cc(N)cc4c3c2C=NNC4=O)CC1. The first-order valence-electron chi connectivity index (χ1n) is 9.49. The van der Waals surface area contributed by atoms with Crippen LogP contribution in [0.25, 0.3) is 10.9 Å². The monoisotopic (exact) mass is 383 g/mol. The number of amides is 2. The highest BCUT2D eigenvalue weighted by Crippen LogP contribution is 2.36. The summed E-state index contributed by atoms with van der Waals surface area (Å²) in [6.45, 7) is 6.85. The number of hydrogen-bond donors (Lipinski definition) is 3. The Kier molecular flexibility index (Phi) is 4.28. The van der Waals surface area contributed by atoms with Gasteiger partial charge < -0.3 is 20.4 Å². The summed E-state index contributed by atoms with van der Waals surface area (Å²) in [5.41, 5.74) is 11.8. The number of ether oxygens (including phenoxy) is 1. The second-order valence-electron chi connectivity index (χ2n) is 8.38. The van der Waals surface area contributed by atoms with Gasteiger partial charge >= 0.3 is 6.09 Å². The fourth-order valence-electron chi connectivity index (χ4n) is 3.93. The van der Waals surface area contributed by atoms with Crippen LogP contribution in [0.1, 0.15) is 61.1 Å². The van der Waals surface area contributed by atoms with E-state index in [2.05, 4.69) is 15.5 Å². The van der Waals surface area contributed by atoms with Crippen LogP contribution in [0.2, 0.25) is 0 Å². The smallest absolute Gasteiger partial charge is 0.410 e. The number of aromatic nitrogens is 1. The van der Waals surface area contributed by atoms with Gasteiger partial charge in [-0.2, -0.15) is 5.10 Å². The molecule has 0 aliphatic carbocycles. The van der Waals surface area contributed by atoms with Crippen LogP contribution < -0.4 is 11.2 Å². The Morgan fingerprint density at radius 2 is 2.00 bits per heavy atom. The summed E-state index contributed by atoms with van der Waals surface area (Å²) in [4.78, 5) is 29.8. The molecule has 0 saturated carbocycles. The topological polar surface area (TPSA) is 113 Å². The first kappa shape index (κ1) is 18.3. The molecule has 0 spiro atoms. The van der Waals surface area contributed by atoms with Crippen molar-refractivity contribution in [2.75, 3.05) is 18.8 Å². The maximum atomic E-state index is 12.3. The Balaban J connectivity index is 1.61. The summed E-state index contributed by atoms with van der Waals surface area (Å²) in [6, 6.07) is 3.52. The Labute approximate surface area is 163 Å². The van der Waals surface area contributed by atoms with E-state index >= 15 is 0 Å². The van der Waals surface area contributed by atoms with Gasteiger partial charge in [-0.15, -0.1) is 0 Å². The zero-order valence-electron chi connectivity index (χ0n) is 16.3. The van der Waals surface area contributed by atoms with Crippen molar-refractivity contribution < 1.29 is 14.3 Å². The van der Waals surface area contributed by atoms with Crippen LogP contribution in [0.3, 0.4) is 0 Å². The van der Waals surface area contributed by atoms with Crippen molar-refractivity contribution in [1.82, 2.24) is 15.3 Å². The standard InChI is InChI=1S/C20H25N5O3/c1-20(2,3)28-19(27)25-6-4-11(5-7-25)17-14-10-22-24-18(26)13-8-12(21)9-15(23-17)16(13)14/h8-11,23H,4-7,21H2,1-3H3,(H,24,26). The van der Waals surface area contributed by atoms with Gasteiger partial charge in [-0.05, 0) is 45.7 Å². The van der Waals surface area contributed by atoms with Gasteiger partial charge in [0.05, 0.1) is 11.8 Å². The molecule has 3 heterocycles. The van der Waals surface area contributed by atoms with Crippen LogP contribution in [0, 0.1) is 0 Å². The summed E-state index contributed by atoms with van der Waals surface area (Å²) >= 11 is 0. The second kappa shape index (κ2) is 6.54. The van der Waals surface area contributed by atoms with E-state index in [0.29, 0.717) is 24.3 Å². The number of carbonyl (C=O) groups is 2. The Hall–Kier alpha value is -3.03. The van der Waals surface area contributed by atoms with E-state index < -0.39 is 5.60 Å². The fourth-order valence-corrected chi connectivity index (χ4v) is 3.93. The zero-order valence-corrected chi connectivity index (χ0v) is 16.3. The van der Waals surface area contributed by atoms with Crippen LogP contribution in [0.5, 0.6) is 0 Å². The molecule has 1 fully saturated rings. The third-order valence-corrected chi connectivity index (χ3v) is 5.15. The van der Waals surface area contributed by atoms with Crippen molar-refractivity contribution in [2.24, 2.45) is 5.10 Å². The molecular formula is C20H25N5O3. The number of nitrogens with zero attached hydrogens (tertiary/aromatic N) is 2. The normalized spacial score (nSPS) is 17.5. The van der Waals surface area contributed by atoms with Crippen LogP contribution >= 0.6 is 0 Å². The molecule has 0 unspecified atom stereocenters. The number of H-pyrrole nitrogens is 1. The first-order chi connectivity index (χ1) is 13.2. The third kappa shape index (κ3) is 3.30. The lowest BCUT2D eigenvalue weighted by Gasteiger charge is -2.33. The number of rotatable bonds is 1. The highest BCUT2D eigenvalue weighted by molar-refractivity contribution is 6.15. The molecule has 0 radical (unpaired) electrons. The number of likely N-dealkylation sites (tertiary alicyclic amines) is 1. The molecule has 1 aromatic heterocycles. The van der Waals surface area contributed by atoms with Crippen molar-refractivity contribution in [3.8, 4) is 0 Å². The maximum absolute atomic E-state index is 12.3. The summed E-state index contributed by atoms with van der Waals surface area (Å²) in [7, 11) is 0. The van der Waals surface area contributed by atoms with E-state index in [-0.39, 0.29) is 17.9 Å². The predicted octanol–water partition coefficient (Wildman–Crippen LogP) is 2.94. The fraction of sp³-hybridized carbons (Fsp3) is 0.450. The van der Waals surface area contributed by atoms with Gasteiger partial charge in [-0.1, -0.05) is 0 Å². The van der Waals surface area contributed by atoms with E-state index in [1.807, 2.05) is 26.8 Å². The molecule has 148 valence electrons. The second-order valence-corrected chi connectivity index (χ2v) is 8.38. The van der Waals surface area contributed by atoms with E-state index in [9.17, 15) is 9.59 Å². The highest BCUT2D eigenvalue weighted by atomic mass is 16.6. The predicted molar refractivity (Wildman–Crippen MR) is 108 cm³/mol. The largest absolute Gasteiger partial charge is 0.444 e. The molecule has 2 aliphatic rings. The molecule has 1 saturated heterocycles. The summed E-state index contributed by atoms with van der Waals surface area (Å²) < 4.78 is 5.48. The number of nitrogen functional groups attached to an aromatic ring is 1. The number of hydrazone groups is 1. The average molecular weight is 383 g/mol. The Morgan fingerprint density at radius 3 is 2.68 bits per heavy atom. The molecule has 2 aliphatic heterocycles. The molecular weight excluding hydrogens is 358 g/mol. The lowest BCUT2D eigenvalue weighted by molar-refractivity contribution is 0.0204. The highest BCUT2D eigenvalue weighted by Gasteiger charge is 2.30. The maximum Gasteiger partial charge on any atom is 0.410 e. The van der Waals surface area contributed by atoms with Crippen LogP contribution in [0.15, 0.2) is 17.2 Å². The summed E-state index contributed by atoms with van der Waals surface area (Å²) in [6.07, 6.45) is 3.03. The van der Waals surface area contributed by atoms with Gasteiger partial charge in [0.25, 0.3) is 5.91 Å². The molecule has 8 heteroatoms. The van der Waals surface area contributed by atoms with E-state index in [1.54, 1.807) is 17.2 Å². The molecule has 28 heavy (non-hydrogen) atoms. The van der Waals surface area contributed by atoms with Crippen molar-refractivity contribution in [3.05, 3.63) is 29.0 Å². The van der Waals surface area contributed by atoms with E-state index in [0.717, 1.165) is 35.0 Å². The van der Waals surface area contributed by atoms with Gasteiger partial charge in [-0.3, -0.25) is 4.79 Å². The van der Waals surface area contributed by atoms with Gasteiger partial charge in [0.2, 0.25) is 0 Å². The average Bonchev–Trinajstić information content (AvgIpc) is 2.89. The molecule has 4 N–H and O–H groups in total. The van der Waals surface area contributed by atoms with Crippen molar-refractivity contribution in [2.45, 2.75) is 45.1 Å². The molecule has 0 atom stereocenters. The van der Waals surface area contributed by atoms with Gasteiger partial charge in [0.15, 0.2) is 0 Å². The minimum atomic E-state index is -0.500. The Morgan fingerprint density at radius 1 is 1.29 bits per heavy atom. The number of benzene rings is 1. The van der Waals surface area contributed by atoms with E-state index in [1.165, 1.54) is 0 Å². The number of nitrogens with two attached hydrogens (primary N) is 1. The number of aromatic amines is 1. The molecule has 0 bridgehead atoms. The molecule has 2 aromatic rings. The van der Waals surface area contributed by atoms with Gasteiger partial charge in [0.1, 0.15) is 5.60 Å². The quantitative estimate of drug-likeness (QED) is 0.657. The number of anilines is 1. The number of piperidine rings is 1. The van der Waals surface area contributed by atoms with Crippen molar-refractivity contribution >= 4 is 34.8 Å². The summed E-state index contributed by atoms with van der Waals surface area (Å²) in [5, 5.41) is 4.91. The van der Waals surface area contributed by atoms with Crippen LogP contribution in [-0.2, 0) is 4.74 Å². The summed E-state index contributed by atoms with van der Waals surface area (Å²) in [5.74, 6) is -0.0348. The van der Waals surface area contributed by atoms with E-state index in [4.69, 9.17) is 10.5 Å². The van der Waals surface area contributed by atoms with Crippen LogP contribution in [0.4, 0.5) is 10.5 Å². The van der Waals surface area contributed by atoms with Gasteiger partial charge in [0, 0.05) is 46.9 Å².